The van der Waals surface area contributed by atoms with Crippen molar-refractivity contribution in [2.24, 2.45) is 0 Å². The Kier molecular flexibility index (Phi) is 3.65. The van der Waals surface area contributed by atoms with Crippen molar-refractivity contribution in [3.63, 3.8) is 0 Å². The zero-order valence-corrected chi connectivity index (χ0v) is 12.4. The molecule has 110 valence electrons. The van der Waals surface area contributed by atoms with Crippen LogP contribution in [0, 0.1) is 0 Å². The van der Waals surface area contributed by atoms with Gasteiger partial charge in [-0.1, -0.05) is 0 Å². The summed E-state index contributed by atoms with van der Waals surface area (Å²) in [6, 6.07) is 2.11. The molecule has 2 fully saturated rings. The molecule has 2 heterocycles. The van der Waals surface area contributed by atoms with E-state index in [0.717, 1.165) is 30.9 Å². The average Bonchev–Trinajstić information content (AvgIpc) is 3.21. The normalized spacial score (nSPS) is 27.1. The standard InChI is InChI=1S/C15H24N4O/c1-18(2)9-15(20)6-3-7-19(10-15)14-8-13(12-4-5-12)16-11-17-14/h8,11-12,20H,3-7,9-10H2,1-2H3/t15-/m0/s1. The third-order valence-electron chi connectivity index (χ3n) is 4.16. The van der Waals surface area contributed by atoms with Crippen LogP contribution in [0.5, 0.6) is 0 Å². The summed E-state index contributed by atoms with van der Waals surface area (Å²) >= 11 is 0. The number of aromatic nitrogens is 2. The van der Waals surface area contributed by atoms with Crippen LogP contribution < -0.4 is 4.90 Å². The van der Waals surface area contributed by atoms with Gasteiger partial charge in [-0.15, -0.1) is 0 Å². The molecule has 1 N–H and O–H groups in total. The molecule has 1 saturated heterocycles. The molecule has 5 heteroatoms. The van der Waals surface area contributed by atoms with Gasteiger partial charge in [0.1, 0.15) is 12.1 Å². The summed E-state index contributed by atoms with van der Waals surface area (Å²) in [4.78, 5) is 13.0. The molecule has 1 aliphatic carbocycles. The molecule has 0 spiro atoms. The largest absolute Gasteiger partial charge is 0.387 e. The lowest BCUT2D eigenvalue weighted by atomic mass is 9.92. The van der Waals surface area contributed by atoms with E-state index in [0.29, 0.717) is 19.0 Å². The average molecular weight is 276 g/mol. The first-order valence-electron chi connectivity index (χ1n) is 7.50. The second-order valence-corrected chi connectivity index (χ2v) is 6.56. The zero-order valence-electron chi connectivity index (χ0n) is 12.4. The van der Waals surface area contributed by atoms with E-state index in [2.05, 4.69) is 25.8 Å². The van der Waals surface area contributed by atoms with Gasteiger partial charge in [-0.3, -0.25) is 0 Å². The number of β-amino-alcohol motifs (C(OH)–C–C–N with tert-alkyl or cyclic N) is 1. The number of likely N-dealkylation sites (N-methyl/N-ethyl adjacent to an activating group) is 1. The summed E-state index contributed by atoms with van der Waals surface area (Å²) < 4.78 is 0. The molecule has 20 heavy (non-hydrogen) atoms. The smallest absolute Gasteiger partial charge is 0.132 e. The third-order valence-corrected chi connectivity index (χ3v) is 4.16. The van der Waals surface area contributed by atoms with Gasteiger partial charge in [0.05, 0.1) is 5.60 Å². The van der Waals surface area contributed by atoms with Crippen LogP contribution in [0.1, 0.15) is 37.3 Å². The van der Waals surface area contributed by atoms with Crippen LogP contribution in [-0.4, -0.2) is 59.3 Å². The van der Waals surface area contributed by atoms with E-state index in [1.54, 1.807) is 6.33 Å². The first kappa shape index (κ1) is 13.8. The minimum absolute atomic E-state index is 0.632. The van der Waals surface area contributed by atoms with E-state index in [4.69, 9.17) is 0 Å². The van der Waals surface area contributed by atoms with Crippen molar-refractivity contribution < 1.29 is 5.11 Å². The quantitative estimate of drug-likeness (QED) is 0.897. The Balaban J connectivity index is 1.74. The Morgan fingerprint density at radius 2 is 2.20 bits per heavy atom. The van der Waals surface area contributed by atoms with E-state index < -0.39 is 5.60 Å². The van der Waals surface area contributed by atoms with Crippen LogP contribution in [0.3, 0.4) is 0 Å². The molecule has 0 amide bonds. The number of hydrogen-bond acceptors (Lipinski definition) is 5. The Morgan fingerprint density at radius 3 is 2.90 bits per heavy atom. The molecule has 1 aliphatic heterocycles. The topological polar surface area (TPSA) is 52.5 Å². The molecule has 1 saturated carbocycles. The summed E-state index contributed by atoms with van der Waals surface area (Å²) in [6.45, 7) is 2.33. The maximum atomic E-state index is 10.7. The minimum Gasteiger partial charge on any atom is -0.387 e. The lowest BCUT2D eigenvalue weighted by Gasteiger charge is -2.41. The molecular formula is C15H24N4O. The molecule has 0 radical (unpaired) electrons. The molecule has 1 aromatic rings. The Morgan fingerprint density at radius 1 is 1.40 bits per heavy atom. The Bertz CT molecular complexity index is 475. The first-order valence-corrected chi connectivity index (χ1v) is 7.50. The van der Waals surface area contributed by atoms with Gasteiger partial charge >= 0.3 is 0 Å². The van der Waals surface area contributed by atoms with E-state index >= 15 is 0 Å². The maximum absolute atomic E-state index is 10.7. The zero-order chi connectivity index (χ0) is 14.2. The van der Waals surface area contributed by atoms with Gasteiger partial charge in [0.25, 0.3) is 0 Å². The molecule has 0 unspecified atom stereocenters. The Hall–Kier alpha value is -1.20. The van der Waals surface area contributed by atoms with Crippen LogP contribution in [-0.2, 0) is 0 Å². The second-order valence-electron chi connectivity index (χ2n) is 6.56. The van der Waals surface area contributed by atoms with Crippen molar-refractivity contribution >= 4 is 5.82 Å². The monoisotopic (exact) mass is 276 g/mol. The molecule has 2 aliphatic rings. The SMILES string of the molecule is CN(C)C[C@@]1(O)CCCN(c2cc(C3CC3)ncn2)C1. The lowest BCUT2D eigenvalue weighted by Crippen LogP contribution is -2.53. The number of nitrogens with zero attached hydrogens (tertiary/aromatic N) is 4. The van der Waals surface area contributed by atoms with Crippen molar-refractivity contribution in [2.45, 2.75) is 37.2 Å². The van der Waals surface area contributed by atoms with E-state index in [1.165, 1.54) is 12.8 Å². The maximum Gasteiger partial charge on any atom is 0.132 e. The molecule has 1 atom stereocenters. The van der Waals surface area contributed by atoms with Crippen LogP contribution >= 0.6 is 0 Å². The summed E-state index contributed by atoms with van der Waals surface area (Å²) in [5.41, 5.74) is 0.531. The van der Waals surface area contributed by atoms with Crippen molar-refractivity contribution in [1.29, 1.82) is 0 Å². The van der Waals surface area contributed by atoms with Gasteiger partial charge in [0, 0.05) is 37.3 Å². The summed E-state index contributed by atoms with van der Waals surface area (Å²) in [5.74, 6) is 1.61. The van der Waals surface area contributed by atoms with Crippen LogP contribution in [0.4, 0.5) is 5.82 Å². The highest BCUT2D eigenvalue weighted by Crippen LogP contribution is 2.39. The van der Waals surface area contributed by atoms with Crippen LogP contribution in [0.25, 0.3) is 0 Å². The number of aliphatic hydroxyl groups is 1. The number of anilines is 1. The summed E-state index contributed by atoms with van der Waals surface area (Å²) in [5, 5.41) is 10.7. The Labute approximate surface area is 120 Å². The van der Waals surface area contributed by atoms with Crippen LogP contribution in [0.2, 0.25) is 0 Å². The van der Waals surface area contributed by atoms with Gasteiger partial charge in [-0.25, -0.2) is 9.97 Å². The summed E-state index contributed by atoms with van der Waals surface area (Å²) in [6.07, 6.45) is 6.04. The molecule has 3 rings (SSSR count). The van der Waals surface area contributed by atoms with Gasteiger partial charge in [-0.05, 0) is 39.8 Å². The highest BCUT2D eigenvalue weighted by Gasteiger charge is 2.34. The minimum atomic E-state index is -0.632. The van der Waals surface area contributed by atoms with Crippen molar-refractivity contribution in [3.8, 4) is 0 Å². The van der Waals surface area contributed by atoms with Gasteiger partial charge in [-0.2, -0.15) is 0 Å². The molecule has 1 aromatic heterocycles. The predicted molar refractivity (Wildman–Crippen MR) is 79.0 cm³/mol. The highest BCUT2D eigenvalue weighted by atomic mass is 16.3. The van der Waals surface area contributed by atoms with Crippen LogP contribution in [0.15, 0.2) is 12.4 Å². The molecule has 5 nitrogen and oxygen atoms in total. The second kappa shape index (κ2) is 5.30. The number of piperidine rings is 1. The predicted octanol–water partition coefficient (Wildman–Crippen LogP) is 1.25. The van der Waals surface area contributed by atoms with E-state index in [9.17, 15) is 5.11 Å². The van der Waals surface area contributed by atoms with Gasteiger partial charge in [0.2, 0.25) is 0 Å². The fraction of sp³-hybridized carbons (Fsp3) is 0.733. The third kappa shape index (κ3) is 3.10. The lowest BCUT2D eigenvalue weighted by molar-refractivity contribution is 0.00351. The highest BCUT2D eigenvalue weighted by molar-refractivity contribution is 5.41. The van der Waals surface area contributed by atoms with Gasteiger partial charge in [0.15, 0.2) is 0 Å². The fourth-order valence-corrected chi connectivity index (χ4v) is 3.16. The number of rotatable bonds is 4. The molecular weight excluding hydrogens is 252 g/mol. The van der Waals surface area contributed by atoms with Crippen molar-refractivity contribution in [2.75, 3.05) is 38.6 Å². The van der Waals surface area contributed by atoms with Gasteiger partial charge < -0.3 is 14.9 Å². The first-order chi connectivity index (χ1) is 9.56. The fourth-order valence-electron chi connectivity index (χ4n) is 3.16. The summed E-state index contributed by atoms with van der Waals surface area (Å²) in [7, 11) is 4.01. The van der Waals surface area contributed by atoms with Crippen molar-refractivity contribution in [3.05, 3.63) is 18.1 Å². The van der Waals surface area contributed by atoms with Crippen molar-refractivity contribution in [1.82, 2.24) is 14.9 Å². The van der Waals surface area contributed by atoms with E-state index in [-0.39, 0.29) is 0 Å². The van der Waals surface area contributed by atoms with E-state index in [1.807, 2.05) is 14.1 Å². The molecule has 0 bridgehead atoms. The molecule has 0 aromatic carbocycles. The number of hydrogen-bond donors (Lipinski definition) is 1.